The van der Waals surface area contributed by atoms with Gasteiger partial charge in [-0.1, -0.05) is 36.1 Å². The van der Waals surface area contributed by atoms with E-state index in [4.69, 9.17) is 4.74 Å². The number of aromatic nitrogens is 2. The third kappa shape index (κ3) is 5.82. The van der Waals surface area contributed by atoms with Gasteiger partial charge in [0.25, 0.3) is 5.56 Å². The molecule has 0 spiro atoms. The maximum atomic E-state index is 11.8. The Kier molecular flexibility index (Phi) is 6.78. The predicted molar refractivity (Wildman–Crippen MR) is 119 cm³/mol. The number of benzene rings is 2. The zero-order valence-corrected chi connectivity index (χ0v) is 17.3. The van der Waals surface area contributed by atoms with Crippen molar-refractivity contribution >= 4 is 0 Å². The number of aromatic hydroxyl groups is 1. The lowest BCUT2D eigenvalue weighted by atomic mass is 10.1. The van der Waals surface area contributed by atoms with Crippen molar-refractivity contribution in [3.05, 3.63) is 93.7 Å². The molecule has 4 rings (SSSR count). The van der Waals surface area contributed by atoms with Crippen molar-refractivity contribution in [1.29, 1.82) is 0 Å². The van der Waals surface area contributed by atoms with E-state index in [0.717, 1.165) is 55.7 Å². The third-order valence-corrected chi connectivity index (χ3v) is 5.29. The van der Waals surface area contributed by atoms with Crippen molar-refractivity contribution in [1.82, 2.24) is 14.5 Å². The quantitative estimate of drug-likeness (QED) is 0.649. The molecule has 1 fully saturated rings. The monoisotopic (exact) mass is 415 g/mol. The molecule has 3 aromatic rings. The molecule has 31 heavy (non-hydrogen) atoms. The molecule has 1 aliphatic heterocycles. The zero-order chi connectivity index (χ0) is 21.5. The van der Waals surface area contributed by atoms with E-state index < -0.39 is 5.56 Å². The molecule has 0 unspecified atom stereocenters. The van der Waals surface area contributed by atoms with Crippen LogP contribution in [0.1, 0.15) is 22.3 Å². The summed E-state index contributed by atoms with van der Waals surface area (Å²) in [4.78, 5) is 18.1. The van der Waals surface area contributed by atoms with Crippen molar-refractivity contribution in [3.63, 3.8) is 0 Å². The highest BCUT2D eigenvalue weighted by atomic mass is 16.5. The molecule has 2 aromatic carbocycles. The molecule has 1 aliphatic rings. The first-order valence-electron chi connectivity index (χ1n) is 10.4. The first kappa shape index (κ1) is 20.9. The lowest BCUT2D eigenvalue weighted by Crippen LogP contribution is -2.35. The fourth-order valence-electron chi connectivity index (χ4n) is 3.46. The van der Waals surface area contributed by atoms with E-state index in [1.165, 1.54) is 16.5 Å². The molecular formula is C25H25N3O3. The average molecular weight is 415 g/mol. The Morgan fingerprint density at radius 1 is 0.935 bits per heavy atom. The minimum atomic E-state index is -0.423. The van der Waals surface area contributed by atoms with E-state index in [-0.39, 0.29) is 5.75 Å². The highest BCUT2D eigenvalue weighted by Gasteiger charge is 2.10. The van der Waals surface area contributed by atoms with Gasteiger partial charge in [-0.25, -0.2) is 4.98 Å². The van der Waals surface area contributed by atoms with Gasteiger partial charge in [-0.15, -0.1) is 0 Å². The molecule has 0 saturated carbocycles. The Morgan fingerprint density at radius 3 is 2.19 bits per heavy atom. The van der Waals surface area contributed by atoms with Crippen LogP contribution in [0.15, 0.2) is 65.8 Å². The van der Waals surface area contributed by atoms with Gasteiger partial charge in [0, 0.05) is 37.3 Å². The molecule has 2 heterocycles. The Labute approximate surface area is 181 Å². The van der Waals surface area contributed by atoms with E-state index in [2.05, 4.69) is 46.0 Å². The Bertz CT molecular complexity index is 1120. The highest BCUT2D eigenvalue weighted by molar-refractivity contribution is 5.44. The van der Waals surface area contributed by atoms with Crippen molar-refractivity contribution in [3.8, 4) is 17.6 Å². The molecule has 0 radical (unpaired) electrons. The van der Waals surface area contributed by atoms with Gasteiger partial charge in [-0.2, -0.15) is 0 Å². The Hall–Kier alpha value is -3.40. The van der Waals surface area contributed by atoms with E-state index in [9.17, 15) is 9.90 Å². The van der Waals surface area contributed by atoms with Gasteiger partial charge in [0.1, 0.15) is 0 Å². The smallest absolute Gasteiger partial charge is 0.295 e. The van der Waals surface area contributed by atoms with Crippen molar-refractivity contribution in [2.24, 2.45) is 0 Å². The topological polar surface area (TPSA) is 67.6 Å². The van der Waals surface area contributed by atoms with Crippen LogP contribution < -0.4 is 5.56 Å². The second-order valence-corrected chi connectivity index (χ2v) is 7.56. The summed E-state index contributed by atoms with van der Waals surface area (Å²) in [5.74, 6) is 6.09. The van der Waals surface area contributed by atoms with Crippen LogP contribution in [0.25, 0.3) is 0 Å². The number of hydrogen-bond acceptors (Lipinski definition) is 5. The molecule has 6 heteroatoms. The Morgan fingerprint density at radius 2 is 1.55 bits per heavy atom. The van der Waals surface area contributed by atoms with Crippen LogP contribution in [0.5, 0.6) is 5.75 Å². The van der Waals surface area contributed by atoms with Crippen molar-refractivity contribution in [2.45, 2.75) is 19.5 Å². The van der Waals surface area contributed by atoms with E-state index in [1.807, 2.05) is 24.3 Å². The van der Waals surface area contributed by atoms with Crippen molar-refractivity contribution in [2.75, 3.05) is 26.3 Å². The molecule has 0 atom stereocenters. The molecule has 1 saturated heterocycles. The fraction of sp³-hybridized carbons (Fsp3) is 0.280. The molecule has 6 nitrogen and oxygen atoms in total. The lowest BCUT2D eigenvalue weighted by Gasteiger charge is -2.26. The second kappa shape index (κ2) is 10.1. The summed E-state index contributed by atoms with van der Waals surface area (Å²) < 4.78 is 6.80. The highest BCUT2D eigenvalue weighted by Crippen LogP contribution is 2.10. The normalized spacial score (nSPS) is 14.1. The minimum Gasteiger partial charge on any atom is -0.502 e. The van der Waals surface area contributed by atoms with Gasteiger partial charge in [0.05, 0.1) is 25.7 Å². The first-order chi connectivity index (χ1) is 15.2. The van der Waals surface area contributed by atoms with Crippen LogP contribution >= 0.6 is 0 Å². The number of morpholine rings is 1. The SMILES string of the molecule is O=c1c(O)cncn1CCc1ccc(C#Cc2ccc(CN3CCOCC3)cc2)cc1. The van der Waals surface area contributed by atoms with Crippen LogP contribution in [0, 0.1) is 11.8 Å². The van der Waals surface area contributed by atoms with Gasteiger partial charge < -0.3 is 9.84 Å². The lowest BCUT2D eigenvalue weighted by molar-refractivity contribution is 0.0342. The predicted octanol–water partition coefficient (Wildman–Crippen LogP) is 2.42. The summed E-state index contributed by atoms with van der Waals surface area (Å²) in [5, 5.41) is 9.46. The maximum absolute atomic E-state index is 11.8. The van der Waals surface area contributed by atoms with Gasteiger partial charge in [-0.3, -0.25) is 14.3 Å². The van der Waals surface area contributed by atoms with E-state index in [0.29, 0.717) is 13.0 Å². The van der Waals surface area contributed by atoms with Crippen LogP contribution in [-0.4, -0.2) is 45.9 Å². The largest absolute Gasteiger partial charge is 0.502 e. The zero-order valence-electron chi connectivity index (χ0n) is 17.3. The van der Waals surface area contributed by atoms with Gasteiger partial charge in [0.2, 0.25) is 0 Å². The maximum Gasteiger partial charge on any atom is 0.295 e. The molecular weight excluding hydrogens is 390 g/mol. The molecule has 0 bridgehead atoms. The molecule has 158 valence electrons. The molecule has 0 aliphatic carbocycles. The fourth-order valence-corrected chi connectivity index (χ4v) is 3.46. The summed E-state index contributed by atoms with van der Waals surface area (Å²) >= 11 is 0. The van der Waals surface area contributed by atoms with Crippen LogP contribution in [0.3, 0.4) is 0 Å². The van der Waals surface area contributed by atoms with E-state index in [1.54, 1.807) is 0 Å². The standard InChI is InChI=1S/C25H25N3O3/c29-24-17-26-19-28(25(24)30)12-11-22-5-3-20(4-6-22)1-2-21-7-9-23(10-8-21)18-27-13-15-31-16-14-27/h3-10,17,19,29H,11-16,18H2. The number of ether oxygens (including phenoxy) is 1. The van der Waals surface area contributed by atoms with Crippen LogP contribution in [0.4, 0.5) is 0 Å². The van der Waals surface area contributed by atoms with Crippen LogP contribution in [-0.2, 0) is 24.2 Å². The number of rotatable bonds is 5. The summed E-state index contributed by atoms with van der Waals surface area (Å²) in [6.07, 6.45) is 3.27. The van der Waals surface area contributed by atoms with E-state index >= 15 is 0 Å². The number of nitrogens with zero attached hydrogens (tertiary/aromatic N) is 3. The number of hydrogen-bond donors (Lipinski definition) is 1. The Balaban J connectivity index is 1.33. The van der Waals surface area contributed by atoms with Gasteiger partial charge in [-0.05, 0) is 41.8 Å². The van der Waals surface area contributed by atoms with Crippen LogP contribution in [0.2, 0.25) is 0 Å². The van der Waals surface area contributed by atoms with Gasteiger partial charge >= 0.3 is 0 Å². The number of aryl methyl sites for hydroxylation is 2. The first-order valence-corrected chi connectivity index (χ1v) is 10.4. The summed E-state index contributed by atoms with van der Waals surface area (Å²) in [5.41, 5.74) is 3.89. The summed E-state index contributed by atoms with van der Waals surface area (Å²) in [6.45, 7) is 5.01. The summed E-state index contributed by atoms with van der Waals surface area (Å²) in [7, 11) is 0. The van der Waals surface area contributed by atoms with Crippen molar-refractivity contribution < 1.29 is 9.84 Å². The minimum absolute atomic E-state index is 0.331. The second-order valence-electron chi connectivity index (χ2n) is 7.56. The molecule has 0 amide bonds. The summed E-state index contributed by atoms with van der Waals surface area (Å²) in [6, 6.07) is 16.4. The molecule has 1 N–H and O–H groups in total. The third-order valence-electron chi connectivity index (χ3n) is 5.29. The average Bonchev–Trinajstić information content (AvgIpc) is 2.81. The van der Waals surface area contributed by atoms with Gasteiger partial charge in [0.15, 0.2) is 5.75 Å². The molecule has 1 aromatic heterocycles.